The molecule has 250 valence electrons. The van der Waals surface area contributed by atoms with Crippen LogP contribution in [-0.2, 0) is 5.41 Å². The van der Waals surface area contributed by atoms with E-state index in [9.17, 15) is 0 Å². The van der Waals surface area contributed by atoms with Gasteiger partial charge >= 0.3 is 0 Å². The highest BCUT2D eigenvalue weighted by atomic mass is 16.5. The van der Waals surface area contributed by atoms with Crippen LogP contribution in [0.2, 0.25) is 0 Å². The molecule has 53 heavy (non-hydrogen) atoms. The predicted molar refractivity (Wildman–Crippen MR) is 208 cm³/mol. The fourth-order valence-corrected chi connectivity index (χ4v) is 8.32. The summed E-state index contributed by atoms with van der Waals surface area (Å²) in [5.41, 5.74) is 9.87. The molecule has 0 amide bonds. The Morgan fingerprint density at radius 3 is 1.57 bits per heavy atom. The molecular weight excluding hydrogens is 653 g/mol. The van der Waals surface area contributed by atoms with E-state index < -0.39 is 5.41 Å². The normalized spacial score (nSPS) is 15.7. The van der Waals surface area contributed by atoms with E-state index in [1.165, 1.54) is 0 Å². The van der Waals surface area contributed by atoms with E-state index >= 15 is 0 Å². The number of anilines is 3. The SMILES string of the molecule is c1ccc(-c2ccc3c(c2)Oc2ccccc2C32c3ccccc3Oc3cc(-c4ccc5c(c4)N(c4ccccc4)c4ncccc4O5)ccc32)cc1. The van der Waals surface area contributed by atoms with Crippen LogP contribution >= 0.6 is 0 Å². The number of rotatable bonds is 3. The van der Waals surface area contributed by atoms with Crippen molar-refractivity contribution in [2.75, 3.05) is 4.90 Å². The molecule has 1 aromatic heterocycles. The van der Waals surface area contributed by atoms with E-state index in [1.54, 1.807) is 6.20 Å². The highest BCUT2D eigenvalue weighted by Crippen LogP contribution is 2.62. The number of hydrogen-bond donors (Lipinski definition) is 0. The van der Waals surface area contributed by atoms with Crippen LogP contribution in [0.25, 0.3) is 22.3 Å². The topological polar surface area (TPSA) is 43.8 Å². The number of pyridine rings is 1. The lowest BCUT2D eigenvalue weighted by molar-refractivity contribution is 0.399. The summed E-state index contributed by atoms with van der Waals surface area (Å²) in [6, 6.07) is 61.0. The second-order valence-electron chi connectivity index (χ2n) is 13.5. The first-order chi connectivity index (χ1) is 26.3. The highest BCUT2D eigenvalue weighted by Gasteiger charge is 2.50. The van der Waals surface area contributed by atoms with Gasteiger partial charge in [0.2, 0.25) is 0 Å². The molecule has 1 unspecified atom stereocenters. The summed E-state index contributed by atoms with van der Waals surface area (Å²) in [6.45, 7) is 0. The number of hydrogen-bond acceptors (Lipinski definition) is 5. The molecule has 3 aliphatic heterocycles. The van der Waals surface area contributed by atoms with Crippen molar-refractivity contribution in [2.45, 2.75) is 5.41 Å². The maximum Gasteiger partial charge on any atom is 0.181 e. The summed E-state index contributed by atoms with van der Waals surface area (Å²) in [5.74, 6) is 5.53. The summed E-state index contributed by atoms with van der Waals surface area (Å²) >= 11 is 0. The van der Waals surface area contributed by atoms with Crippen molar-refractivity contribution in [3.05, 3.63) is 204 Å². The van der Waals surface area contributed by atoms with E-state index in [0.717, 1.165) is 96.2 Å². The summed E-state index contributed by atoms with van der Waals surface area (Å²) in [7, 11) is 0. The van der Waals surface area contributed by atoms with E-state index in [4.69, 9.17) is 19.2 Å². The van der Waals surface area contributed by atoms with Gasteiger partial charge in [0.25, 0.3) is 0 Å². The Morgan fingerprint density at radius 1 is 0.377 bits per heavy atom. The minimum absolute atomic E-state index is 0.675. The number of fused-ring (bicyclic) bond motifs is 10. The lowest BCUT2D eigenvalue weighted by Crippen LogP contribution is -2.36. The summed E-state index contributed by atoms with van der Waals surface area (Å²) < 4.78 is 20.0. The zero-order chi connectivity index (χ0) is 34.9. The standard InChI is InChI=1S/C48H30N2O3/c1-3-12-31(13-4-1)33-21-24-38-45(29-33)51-41-18-9-7-16-36(41)48(38)37-17-8-10-19-42(37)52-46-30-34(22-25-39(46)48)32-23-26-43-40(28-32)50(35-14-5-2-6-15-35)47-44(53-43)20-11-27-49-47/h1-30H. The number of benzene rings is 7. The van der Waals surface area contributed by atoms with E-state index in [1.807, 2.05) is 54.6 Å². The third-order valence-corrected chi connectivity index (χ3v) is 10.6. The van der Waals surface area contributed by atoms with Crippen LogP contribution in [0.4, 0.5) is 17.2 Å². The van der Waals surface area contributed by atoms with Crippen molar-refractivity contribution >= 4 is 17.2 Å². The van der Waals surface area contributed by atoms with E-state index in [-0.39, 0.29) is 0 Å². The summed E-state index contributed by atoms with van der Waals surface area (Å²) in [4.78, 5) is 6.90. The molecule has 5 nitrogen and oxygen atoms in total. The zero-order valence-corrected chi connectivity index (χ0v) is 28.4. The minimum atomic E-state index is -0.675. The fraction of sp³-hybridized carbons (Fsp3) is 0.0208. The Hall–Kier alpha value is -7.11. The van der Waals surface area contributed by atoms with Gasteiger partial charge in [-0.25, -0.2) is 4.98 Å². The van der Waals surface area contributed by atoms with Crippen LogP contribution in [0.1, 0.15) is 22.3 Å². The first kappa shape index (κ1) is 29.6. The van der Waals surface area contributed by atoms with Crippen molar-refractivity contribution in [3.8, 4) is 56.8 Å². The number of nitrogens with zero attached hydrogens (tertiary/aromatic N) is 2. The Bertz CT molecular complexity index is 2720. The van der Waals surface area contributed by atoms with Crippen molar-refractivity contribution < 1.29 is 14.2 Å². The largest absolute Gasteiger partial charge is 0.457 e. The van der Waals surface area contributed by atoms with Crippen LogP contribution in [0.3, 0.4) is 0 Å². The van der Waals surface area contributed by atoms with Crippen LogP contribution in [0, 0.1) is 0 Å². The van der Waals surface area contributed by atoms with Crippen molar-refractivity contribution in [2.24, 2.45) is 0 Å². The van der Waals surface area contributed by atoms with Gasteiger partial charge in [-0.1, -0.05) is 115 Å². The highest BCUT2D eigenvalue weighted by molar-refractivity contribution is 5.87. The smallest absolute Gasteiger partial charge is 0.181 e. The molecule has 8 aromatic rings. The number of ether oxygens (including phenoxy) is 3. The Morgan fingerprint density at radius 2 is 0.887 bits per heavy atom. The third kappa shape index (κ3) is 4.41. The zero-order valence-electron chi connectivity index (χ0n) is 28.4. The number of para-hydroxylation sites is 3. The lowest BCUT2D eigenvalue weighted by Gasteiger charge is -2.45. The summed E-state index contributed by atoms with van der Waals surface area (Å²) in [6.07, 6.45) is 1.80. The summed E-state index contributed by atoms with van der Waals surface area (Å²) in [5, 5.41) is 0. The predicted octanol–water partition coefficient (Wildman–Crippen LogP) is 12.6. The van der Waals surface area contributed by atoms with Crippen molar-refractivity contribution in [1.82, 2.24) is 4.98 Å². The van der Waals surface area contributed by atoms with Gasteiger partial charge in [0.15, 0.2) is 17.3 Å². The molecule has 0 saturated heterocycles. The molecule has 11 rings (SSSR count). The molecule has 0 N–H and O–H groups in total. The second kappa shape index (κ2) is 11.5. The Labute approximate surface area is 306 Å². The van der Waals surface area contributed by atoms with Gasteiger partial charge in [-0.2, -0.15) is 0 Å². The fourth-order valence-electron chi connectivity index (χ4n) is 8.32. The van der Waals surface area contributed by atoms with Crippen LogP contribution in [0.5, 0.6) is 34.5 Å². The molecule has 5 heteroatoms. The van der Waals surface area contributed by atoms with Gasteiger partial charge in [0.1, 0.15) is 23.0 Å². The average molecular weight is 683 g/mol. The molecular formula is C48H30N2O3. The molecule has 0 bridgehead atoms. The molecule has 1 atom stereocenters. The molecule has 7 aromatic carbocycles. The molecule has 0 fully saturated rings. The van der Waals surface area contributed by atoms with Gasteiger partial charge in [-0.3, -0.25) is 4.90 Å². The van der Waals surface area contributed by atoms with Gasteiger partial charge < -0.3 is 14.2 Å². The van der Waals surface area contributed by atoms with Crippen LogP contribution in [-0.4, -0.2) is 4.98 Å². The maximum absolute atomic E-state index is 6.85. The molecule has 0 saturated carbocycles. The van der Waals surface area contributed by atoms with Gasteiger partial charge in [-0.05, 0) is 82.9 Å². The van der Waals surface area contributed by atoms with Crippen LogP contribution in [0.15, 0.2) is 182 Å². The van der Waals surface area contributed by atoms with E-state index in [2.05, 4.69) is 126 Å². The molecule has 0 aliphatic carbocycles. The van der Waals surface area contributed by atoms with Gasteiger partial charge in [0.05, 0.1) is 11.1 Å². The first-order valence-electron chi connectivity index (χ1n) is 17.8. The monoisotopic (exact) mass is 682 g/mol. The first-order valence-corrected chi connectivity index (χ1v) is 17.8. The maximum atomic E-state index is 6.85. The minimum Gasteiger partial charge on any atom is -0.457 e. The molecule has 3 aliphatic rings. The van der Waals surface area contributed by atoms with Gasteiger partial charge in [-0.15, -0.1) is 0 Å². The number of aromatic nitrogens is 1. The van der Waals surface area contributed by atoms with Crippen molar-refractivity contribution in [1.29, 1.82) is 0 Å². The molecule has 1 spiro atoms. The molecule has 0 radical (unpaired) electrons. The lowest BCUT2D eigenvalue weighted by atomic mass is 9.62. The van der Waals surface area contributed by atoms with Gasteiger partial charge in [0, 0.05) is 34.1 Å². The third-order valence-electron chi connectivity index (χ3n) is 10.6. The second-order valence-corrected chi connectivity index (χ2v) is 13.5. The molecule has 4 heterocycles. The Kier molecular flexibility index (Phi) is 6.40. The van der Waals surface area contributed by atoms with Crippen molar-refractivity contribution in [3.63, 3.8) is 0 Å². The van der Waals surface area contributed by atoms with Crippen LogP contribution < -0.4 is 19.1 Å². The van der Waals surface area contributed by atoms with E-state index in [0.29, 0.717) is 0 Å². The Balaban J connectivity index is 1.10. The average Bonchev–Trinajstić information content (AvgIpc) is 3.22. The quantitative estimate of drug-likeness (QED) is 0.186.